The first-order chi connectivity index (χ1) is 12.0. The second-order valence-electron chi connectivity index (χ2n) is 6.51. The van der Waals surface area contributed by atoms with Gasteiger partial charge < -0.3 is 15.1 Å². The molecule has 4 nitrogen and oxygen atoms in total. The maximum atomic E-state index is 11.0. The number of hydrogen-bond donors (Lipinski definition) is 2. The summed E-state index contributed by atoms with van der Waals surface area (Å²) in [4.78, 5) is 2.18. The molecule has 0 aromatic heterocycles. The minimum absolute atomic E-state index is 0.0685. The molecule has 1 aliphatic rings. The lowest BCUT2D eigenvalue weighted by molar-refractivity contribution is -0.101. The number of benzene rings is 2. The highest BCUT2D eigenvalue weighted by molar-refractivity contribution is 7.99. The van der Waals surface area contributed by atoms with E-state index in [2.05, 4.69) is 17.3 Å². The average Bonchev–Trinajstić information content (AvgIpc) is 2.62. The fourth-order valence-electron chi connectivity index (χ4n) is 3.13. The molecule has 132 valence electrons. The summed E-state index contributed by atoms with van der Waals surface area (Å²) in [6.07, 6.45) is 1.31. The normalized spacial score (nSPS) is 24.3. The average molecular weight is 357 g/mol. The van der Waals surface area contributed by atoms with Crippen LogP contribution < -0.4 is 0 Å². The third-order valence-corrected chi connectivity index (χ3v) is 5.57. The van der Waals surface area contributed by atoms with Gasteiger partial charge in [-0.2, -0.15) is 0 Å². The van der Waals surface area contributed by atoms with Gasteiger partial charge in [0.05, 0.1) is 24.0 Å². The third-order valence-electron chi connectivity index (χ3n) is 4.57. The molecule has 2 aromatic carbocycles. The highest BCUT2D eigenvalue weighted by Gasteiger charge is 2.35. The van der Waals surface area contributed by atoms with Crippen molar-refractivity contribution < 1.29 is 15.1 Å². The summed E-state index contributed by atoms with van der Waals surface area (Å²) >= 11 is 1.65. The van der Waals surface area contributed by atoms with Crippen molar-refractivity contribution in [1.82, 2.24) is 0 Å². The Bertz CT molecular complexity index is 760. The second-order valence-corrected chi connectivity index (χ2v) is 7.65. The molecule has 0 spiro atoms. The topological polar surface area (TPSA) is 62.1 Å². The van der Waals surface area contributed by atoms with Crippen LogP contribution in [0.2, 0.25) is 0 Å². The number of ether oxygens (including phenoxy) is 1. The molecule has 0 aliphatic carbocycles. The molecule has 0 radical (unpaired) electrons. The standard InChI is InChI=1S/C20H23NO3S/c1-14-13-20(22,10-11-24-14)17-4-3-5-19(12-17)25-18-8-6-16(7-9-18)15(2)21-23/h3-9,12,14,22-23H,10-11,13H2,1-2H3/b21-15+/t14-,20+/m0/s1. The Labute approximate surface area is 152 Å². The van der Waals surface area contributed by atoms with Gasteiger partial charge in [-0.25, -0.2) is 0 Å². The van der Waals surface area contributed by atoms with E-state index in [1.807, 2.05) is 43.3 Å². The molecule has 1 fully saturated rings. The number of rotatable bonds is 4. The molecule has 2 aromatic rings. The van der Waals surface area contributed by atoms with E-state index in [1.165, 1.54) is 0 Å². The molecule has 0 saturated carbocycles. The molecular formula is C20H23NO3S. The van der Waals surface area contributed by atoms with Crippen molar-refractivity contribution in [2.24, 2.45) is 5.16 Å². The van der Waals surface area contributed by atoms with Gasteiger partial charge in [-0.15, -0.1) is 0 Å². The van der Waals surface area contributed by atoms with Gasteiger partial charge in [-0.05, 0) is 49.2 Å². The highest BCUT2D eigenvalue weighted by atomic mass is 32.2. The lowest BCUT2D eigenvalue weighted by Crippen LogP contribution is -2.37. The van der Waals surface area contributed by atoms with Gasteiger partial charge in [0, 0.05) is 22.6 Å². The molecule has 3 rings (SSSR count). The van der Waals surface area contributed by atoms with E-state index in [0.717, 1.165) is 20.9 Å². The van der Waals surface area contributed by atoms with E-state index in [4.69, 9.17) is 9.94 Å². The number of nitrogens with zero attached hydrogens (tertiary/aromatic N) is 1. The van der Waals surface area contributed by atoms with Gasteiger partial charge in [-0.3, -0.25) is 0 Å². The number of aliphatic hydroxyl groups is 1. The highest BCUT2D eigenvalue weighted by Crippen LogP contribution is 2.37. The van der Waals surface area contributed by atoms with Crippen LogP contribution in [0.25, 0.3) is 0 Å². The first-order valence-electron chi connectivity index (χ1n) is 8.42. The monoisotopic (exact) mass is 357 g/mol. The SMILES string of the molecule is C/C(=N\O)c1ccc(Sc2cccc([C@@]3(O)CCO[C@@H](C)C3)c2)cc1. The van der Waals surface area contributed by atoms with Crippen LogP contribution in [0.5, 0.6) is 0 Å². The van der Waals surface area contributed by atoms with Crippen LogP contribution in [0.4, 0.5) is 0 Å². The summed E-state index contributed by atoms with van der Waals surface area (Å²) in [5, 5.41) is 23.1. The zero-order valence-electron chi connectivity index (χ0n) is 14.5. The molecule has 1 saturated heterocycles. The van der Waals surface area contributed by atoms with E-state index in [0.29, 0.717) is 25.2 Å². The van der Waals surface area contributed by atoms with Crippen LogP contribution in [0.3, 0.4) is 0 Å². The van der Waals surface area contributed by atoms with Gasteiger partial charge in [-0.1, -0.05) is 41.2 Å². The summed E-state index contributed by atoms with van der Waals surface area (Å²) in [6, 6.07) is 16.0. The molecule has 0 bridgehead atoms. The fraction of sp³-hybridized carbons (Fsp3) is 0.350. The largest absolute Gasteiger partial charge is 0.411 e. The molecule has 5 heteroatoms. The first kappa shape index (κ1) is 18.0. The van der Waals surface area contributed by atoms with E-state index >= 15 is 0 Å². The first-order valence-corrected chi connectivity index (χ1v) is 9.23. The van der Waals surface area contributed by atoms with E-state index in [9.17, 15) is 5.11 Å². The van der Waals surface area contributed by atoms with Crippen molar-refractivity contribution in [3.05, 3.63) is 59.7 Å². The van der Waals surface area contributed by atoms with Crippen molar-refractivity contribution in [1.29, 1.82) is 0 Å². The van der Waals surface area contributed by atoms with Crippen molar-refractivity contribution in [2.45, 2.75) is 48.2 Å². The Morgan fingerprint density at radius 1 is 1.20 bits per heavy atom. The van der Waals surface area contributed by atoms with E-state index < -0.39 is 5.60 Å². The van der Waals surface area contributed by atoms with Gasteiger partial charge in [0.1, 0.15) is 0 Å². The summed E-state index contributed by atoms with van der Waals surface area (Å²) in [6.45, 7) is 4.35. The fourth-order valence-corrected chi connectivity index (χ4v) is 4.01. The van der Waals surface area contributed by atoms with Crippen LogP contribution in [-0.2, 0) is 10.3 Å². The summed E-state index contributed by atoms with van der Waals surface area (Å²) in [7, 11) is 0. The maximum Gasteiger partial charge on any atom is 0.0943 e. The zero-order valence-corrected chi connectivity index (χ0v) is 15.3. The molecule has 1 aliphatic heterocycles. The van der Waals surface area contributed by atoms with Gasteiger partial charge in [0.25, 0.3) is 0 Å². The summed E-state index contributed by atoms with van der Waals surface area (Å²) < 4.78 is 5.57. The Kier molecular flexibility index (Phi) is 5.47. The lowest BCUT2D eigenvalue weighted by atomic mass is 9.84. The molecule has 25 heavy (non-hydrogen) atoms. The predicted molar refractivity (Wildman–Crippen MR) is 99.5 cm³/mol. The number of oxime groups is 1. The molecule has 1 heterocycles. The molecule has 2 N–H and O–H groups in total. The zero-order chi connectivity index (χ0) is 17.9. The van der Waals surface area contributed by atoms with Crippen molar-refractivity contribution in [2.75, 3.05) is 6.61 Å². The van der Waals surface area contributed by atoms with Crippen LogP contribution in [-0.4, -0.2) is 28.7 Å². The molecule has 2 atom stereocenters. The maximum absolute atomic E-state index is 11.0. The minimum Gasteiger partial charge on any atom is -0.411 e. The van der Waals surface area contributed by atoms with E-state index in [-0.39, 0.29) is 6.10 Å². The Hall–Kier alpha value is -1.82. The third kappa shape index (κ3) is 4.24. The van der Waals surface area contributed by atoms with Gasteiger partial charge >= 0.3 is 0 Å². The van der Waals surface area contributed by atoms with Crippen molar-refractivity contribution in [3.8, 4) is 0 Å². The molecule has 0 amide bonds. The van der Waals surface area contributed by atoms with Crippen LogP contribution in [0, 0.1) is 0 Å². The Morgan fingerprint density at radius 2 is 1.96 bits per heavy atom. The van der Waals surface area contributed by atoms with Gasteiger partial charge in [0.15, 0.2) is 0 Å². The second kappa shape index (κ2) is 7.60. The number of hydrogen-bond acceptors (Lipinski definition) is 5. The van der Waals surface area contributed by atoms with Crippen LogP contribution >= 0.6 is 11.8 Å². The predicted octanol–water partition coefficient (Wildman–Crippen LogP) is 4.42. The molecular weight excluding hydrogens is 334 g/mol. The van der Waals surface area contributed by atoms with Crippen molar-refractivity contribution >= 4 is 17.5 Å². The van der Waals surface area contributed by atoms with Crippen LogP contribution in [0.1, 0.15) is 37.8 Å². The Balaban J connectivity index is 1.78. The van der Waals surface area contributed by atoms with Gasteiger partial charge in [0.2, 0.25) is 0 Å². The molecule has 0 unspecified atom stereocenters. The Morgan fingerprint density at radius 3 is 2.64 bits per heavy atom. The van der Waals surface area contributed by atoms with Crippen LogP contribution in [0.15, 0.2) is 63.5 Å². The van der Waals surface area contributed by atoms with Crippen molar-refractivity contribution in [3.63, 3.8) is 0 Å². The summed E-state index contributed by atoms with van der Waals surface area (Å²) in [5.41, 5.74) is 1.63. The summed E-state index contributed by atoms with van der Waals surface area (Å²) in [5.74, 6) is 0. The quantitative estimate of drug-likeness (QED) is 0.483. The lowest BCUT2D eigenvalue weighted by Gasteiger charge is -2.36. The minimum atomic E-state index is -0.813. The van der Waals surface area contributed by atoms with E-state index in [1.54, 1.807) is 18.7 Å². The smallest absolute Gasteiger partial charge is 0.0943 e.